The number of hydrogen-bond donors (Lipinski definition) is 3. The molecular weight excluding hydrogens is 470 g/mol. The maximum atomic E-state index is 12.6. The van der Waals surface area contributed by atoms with Crippen LogP contribution in [0.15, 0.2) is 58.8 Å². The zero-order chi connectivity index (χ0) is 23.9. The second-order valence-corrected chi connectivity index (χ2v) is 9.69. The molecular formula is C25H29ClN5O2S+. The summed E-state index contributed by atoms with van der Waals surface area (Å²) in [6.45, 7) is 1.97. The maximum Gasteiger partial charge on any atom is 0.337 e. The summed E-state index contributed by atoms with van der Waals surface area (Å²) < 4.78 is 2.25. The molecule has 9 heteroatoms. The van der Waals surface area contributed by atoms with Crippen LogP contribution in [0, 0.1) is 0 Å². The van der Waals surface area contributed by atoms with E-state index >= 15 is 0 Å². The van der Waals surface area contributed by atoms with Crippen LogP contribution >= 0.6 is 23.4 Å². The van der Waals surface area contributed by atoms with Gasteiger partial charge in [0.2, 0.25) is 0 Å². The van der Waals surface area contributed by atoms with Gasteiger partial charge in [0.05, 0.1) is 28.2 Å². The second-order valence-electron chi connectivity index (χ2n) is 8.31. The first-order valence-corrected chi connectivity index (χ1v) is 12.9. The van der Waals surface area contributed by atoms with E-state index in [4.69, 9.17) is 11.6 Å². The first-order chi connectivity index (χ1) is 16.5. The number of aromatic amines is 1. The molecule has 0 saturated heterocycles. The number of hydrogen-bond acceptors (Lipinski definition) is 5. The summed E-state index contributed by atoms with van der Waals surface area (Å²) in [6.07, 6.45) is 6.50. The molecule has 1 aliphatic rings. The van der Waals surface area contributed by atoms with Gasteiger partial charge in [-0.05, 0) is 98.0 Å². The first kappa shape index (κ1) is 24.3. The van der Waals surface area contributed by atoms with Gasteiger partial charge in [0.1, 0.15) is 5.75 Å². The summed E-state index contributed by atoms with van der Waals surface area (Å²) in [5.74, 6) is 1.14. The molecule has 1 aromatic heterocycles. The van der Waals surface area contributed by atoms with Gasteiger partial charge >= 0.3 is 5.16 Å². The second kappa shape index (κ2) is 11.5. The van der Waals surface area contributed by atoms with Gasteiger partial charge in [-0.3, -0.25) is 4.79 Å². The average Bonchev–Trinajstić information content (AvgIpc) is 3.29. The molecule has 2 aromatic carbocycles. The molecule has 0 radical (unpaired) electrons. The van der Waals surface area contributed by atoms with E-state index in [1.54, 1.807) is 24.3 Å². The Morgan fingerprint density at radius 3 is 2.56 bits per heavy atom. The molecule has 0 bridgehead atoms. The van der Waals surface area contributed by atoms with Crippen LogP contribution in [0.3, 0.4) is 0 Å². The fourth-order valence-corrected chi connectivity index (χ4v) is 5.13. The van der Waals surface area contributed by atoms with Crippen molar-refractivity contribution in [2.75, 3.05) is 5.75 Å². The molecule has 0 aliphatic heterocycles. The zero-order valence-electron chi connectivity index (χ0n) is 19.1. The number of halogens is 1. The first-order valence-electron chi connectivity index (χ1n) is 11.6. The lowest BCUT2D eigenvalue weighted by atomic mass is 9.95. The van der Waals surface area contributed by atoms with Crippen LogP contribution in [0.1, 0.15) is 57.1 Å². The summed E-state index contributed by atoms with van der Waals surface area (Å²) in [5.41, 5.74) is 5.30. The van der Waals surface area contributed by atoms with Gasteiger partial charge in [-0.2, -0.15) is 5.10 Å². The van der Waals surface area contributed by atoms with Gasteiger partial charge in [-0.1, -0.05) is 24.9 Å². The van der Waals surface area contributed by atoms with Gasteiger partial charge in [-0.25, -0.2) is 9.99 Å². The summed E-state index contributed by atoms with van der Waals surface area (Å²) >= 11 is 7.49. The number of phenols is 1. The third-order valence-corrected chi connectivity index (χ3v) is 7.15. The number of nitrogens with one attached hydrogen (secondary N) is 2. The molecule has 1 amide bonds. The Balaban J connectivity index is 1.48. The third-order valence-electron chi connectivity index (χ3n) is 5.95. The lowest BCUT2D eigenvalue weighted by molar-refractivity contribution is -0.749. The van der Waals surface area contributed by atoms with Crippen LogP contribution in [-0.4, -0.2) is 32.7 Å². The number of aromatic hydroxyl groups is 1. The largest absolute Gasteiger partial charge is 0.508 e. The molecule has 1 heterocycles. The molecule has 34 heavy (non-hydrogen) atoms. The van der Waals surface area contributed by atoms with Crippen molar-refractivity contribution in [3.63, 3.8) is 0 Å². The quantitative estimate of drug-likeness (QED) is 0.171. The number of carbonyl (C=O) groups excluding carboxylic acids is 1. The van der Waals surface area contributed by atoms with Crippen molar-refractivity contribution in [3.8, 4) is 17.1 Å². The summed E-state index contributed by atoms with van der Waals surface area (Å²) in [5, 5.41) is 23.0. The number of benzene rings is 2. The van der Waals surface area contributed by atoms with Crippen molar-refractivity contribution in [2.24, 2.45) is 5.10 Å². The van der Waals surface area contributed by atoms with Crippen LogP contribution in [0.2, 0.25) is 5.02 Å². The summed E-state index contributed by atoms with van der Waals surface area (Å²) in [4.78, 5) is 12.6. The lowest BCUT2D eigenvalue weighted by Gasteiger charge is -2.21. The summed E-state index contributed by atoms with van der Waals surface area (Å²) in [6, 6.07) is 14.9. The SMILES string of the molecule is CC/C(=N\NC(=O)CSc1n[nH]c(-c2ccc(Cl)cc2)[n+]1C1CCCCC1)c1ccc(O)cc1. The lowest BCUT2D eigenvalue weighted by Crippen LogP contribution is -2.43. The molecule has 7 nitrogen and oxygen atoms in total. The maximum absolute atomic E-state index is 12.6. The minimum Gasteiger partial charge on any atom is -0.508 e. The van der Waals surface area contributed by atoms with E-state index in [2.05, 4.69) is 25.3 Å². The van der Waals surface area contributed by atoms with Gasteiger partial charge in [0.25, 0.3) is 11.7 Å². The topological polar surface area (TPSA) is 94.2 Å². The molecule has 0 spiro atoms. The third kappa shape index (κ3) is 5.98. The zero-order valence-corrected chi connectivity index (χ0v) is 20.7. The number of nitrogens with zero attached hydrogens (tertiary/aromatic N) is 3. The minimum absolute atomic E-state index is 0.194. The smallest absolute Gasteiger partial charge is 0.337 e. The Morgan fingerprint density at radius 1 is 1.18 bits per heavy atom. The molecule has 178 valence electrons. The number of thioether (sulfide) groups is 1. The van der Waals surface area contributed by atoms with Crippen molar-refractivity contribution in [1.29, 1.82) is 0 Å². The van der Waals surface area contributed by atoms with Gasteiger partial charge in [0, 0.05) is 5.02 Å². The van der Waals surface area contributed by atoms with Crippen molar-refractivity contribution >= 4 is 35.0 Å². The number of carbonyl (C=O) groups is 1. The Morgan fingerprint density at radius 2 is 1.88 bits per heavy atom. The molecule has 0 atom stereocenters. The number of phenolic OH excluding ortho intramolecular Hbond substituents is 1. The monoisotopic (exact) mass is 498 g/mol. The molecule has 3 N–H and O–H groups in total. The number of amides is 1. The van der Waals surface area contributed by atoms with Crippen LogP contribution in [0.5, 0.6) is 5.75 Å². The highest BCUT2D eigenvalue weighted by Gasteiger charge is 2.30. The van der Waals surface area contributed by atoms with E-state index in [9.17, 15) is 9.90 Å². The number of rotatable bonds is 8. The van der Waals surface area contributed by atoms with E-state index in [-0.39, 0.29) is 17.4 Å². The van der Waals surface area contributed by atoms with Crippen molar-refractivity contribution < 1.29 is 14.5 Å². The van der Waals surface area contributed by atoms with E-state index < -0.39 is 0 Å². The minimum atomic E-state index is -0.194. The highest BCUT2D eigenvalue weighted by Crippen LogP contribution is 2.29. The molecule has 4 rings (SSSR count). The van der Waals surface area contributed by atoms with Gasteiger partial charge in [-0.15, -0.1) is 5.10 Å². The average molecular weight is 499 g/mol. The number of H-pyrrole nitrogens is 1. The predicted octanol–water partition coefficient (Wildman–Crippen LogP) is 5.25. The molecule has 3 aromatic rings. The number of aromatic nitrogens is 3. The van der Waals surface area contributed by atoms with Gasteiger partial charge in [0.15, 0.2) is 0 Å². The Kier molecular flexibility index (Phi) is 8.24. The summed E-state index contributed by atoms with van der Waals surface area (Å²) in [7, 11) is 0. The van der Waals surface area contributed by atoms with E-state index in [0.717, 1.165) is 40.7 Å². The van der Waals surface area contributed by atoms with E-state index in [1.807, 2.05) is 31.2 Å². The van der Waals surface area contributed by atoms with Crippen LogP contribution in [0.4, 0.5) is 0 Å². The van der Waals surface area contributed by atoms with Crippen molar-refractivity contribution in [3.05, 3.63) is 59.1 Å². The highest BCUT2D eigenvalue weighted by atomic mass is 35.5. The Hall–Kier alpha value is -2.84. The van der Waals surface area contributed by atoms with Gasteiger partial charge < -0.3 is 5.11 Å². The predicted molar refractivity (Wildman–Crippen MR) is 135 cm³/mol. The van der Waals surface area contributed by atoms with Crippen LogP contribution in [0.25, 0.3) is 11.4 Å². The van der Waals surface area contributed by atoms with Crippen molar-refractivity contribution in [1.82, 2.24) is 15.6 Å². The van der Waals surface area contributed by atoms with Crippen LogP contribution in [-0.2, 0) is 4.79 Å². The van der Waals surface area contributed by atoms with E-state index in [0.29, 0.717) is 17.5 Å². The molecule has 1 aliphatic carbocycles. The normalized spacial score (nSPS) is 14.8. The molecule has 1 saturated carbocycles. The fraction of sp³-hybridized carbons (Fsp3) is 0.360. The molecule has 1 fully saturated rings. The van der Waals surface area contributed by atoms with Crippen LogP contribution < -0.4 is 9.99 Å². The fourth-order valence-electron chi connectivity index (χ4n) is 4.19. The Labute approximate surface area is 208 Å². The Bertz CT molecular complexity index is 1140. The van der Waals surface area contributed by atoms with E-state index in [1.165, 1.54) is 31.0 Å². The van der Waals surface area contributed by atoms with Crippen molar-refractivity contribution in [2.45, 2.75) is 56.6 Å². The molecule has 0 unspecified atom stereocenters. The standard InChI is InChI=1S/C25H28ClN5O2S/c1-2-22(17-10-14-21(32)15-11-17)27-28-23(33)16-34-25-30-29-24(18-8-12-19(26)13-9-18)31(25)20-6-4-3-5-7-20/h8-15,20H,2-7,16H2,1H3,(H2,27,28,32,33)/p+1. The highest BCUT2D eigenvalue weighted by molar-refractivity contribution is 7.99. The number of hydrazone groups is 1.